The van der Waals surface area contributed by atoms with Crippen LogP contribution in [0.1, 0.15) is 11.1 Å². The van der Waals surface area contributed by atoms with Gasteiger partial charge < -0.3 is 9.47 Å². The van der Waals surface area contributed by atoms with Crippen molar-refractivity contribution in [1.29, 1.82) is 0 Å². The van der Waals surface area contributed by atoms with Gasteiger partial charge in [-0.25, -0.2) is 9.98 Å². The molecule has 0 aliphatic carbocycles. The zero-order valence-electron chi connectivity index (χ0n) is 11.0. The first-order valence-electron chi connectivity index (χ1n) is 5.65. The summed E-state index contributed by atoms with van der Waals surface area (Å²) in [6, 6.07) is 2.09. The standard InChI is InChI=1S/C13H16N4S/c1-9-5-10-11(13(18)15-8-16(2)3)7-17(4)12(10)14-6-9/h5-8H,1-4H3. The molecule has 0 aliphatic heterocycles. The first-order valence-corrected chi connectivity index (χ1v) is 6.06. The highest BCUT2D eigenvalue weighted by molar-refractivity contribution is 7.80. The van der Waals surface area contributed by atoms with Gasteiger partial charge in [0.2, 0.25) is 0 Å². The number of fused-ring (bicyclic) bond motifs is 1. The smallest absolute Gasteiger partial charge is 0.140 e. The largest absolute Gasteiger partial charge is 0.369 e. The number of hydrogen-bond donors (Lipinski definition) is 0. The van der Waals surface area contributed by atoms with Gasteiger partial charge in [0.15, 0.2) is 0 Å². The Morgan fingerprint density at radius 2 is 2.22 bits per heavy atom. The molecule has 5 heteroatoms. The number of aliphatic imine (C=N–C) groups is 1. The lowest BCUT2D eigenvalue weighted by molar-refractivity contribution is 0.644. The Labute approximate surface area is 112 Å². The Kier molecular flexibility index (Phi) is 3.43. The molecule has 94 valence electrons. The van der Waals surface area contributed by atoms with Crippen LogP contribution in [-0.4, -0.2) is 39.9 Å². The van der Waals surface area contributed by atoms with Gasteiger partial charge >= 0.3 is 0 Å². The van der Waals surface area contributed by atoms with Crippen molar-refractivity contribution in [2.45, 2.75) is 6.92 Å². The van der Waals surface area contributed by atoms with Crippen LogP contribution in [0.2, 0.25) is 0 Å². The Balaban J connectivity index is 2.51. The van der Waals surface area contributed by atoms with E-state index in [0.29, 0.717) is 4.99 Å². The second-order valence-corrected chi connectivity index (χ2v) is 4.94. The molecule has 0 amide bonds. The molecule has 18 heavy (non-hydrogen) atoms. The second kappa shape index (κ2) is 4.86. The van der Waals surface area contributed by atoms with Crippen LogP contribution in [0, 0.1) is 6.92 Å². The van der Waals surface area contributed by atoms with E-state index in [1.807, 2.05) is 49.9 Å². The van der Waals surface area contributed by atoms with Crippen molar-refractivity contribution in [3.63, 3.8) is 0 Å². The van der Waals surface area contributed by atoms with Crippen molar-refractivity contribution in [2.24, 2.45) is 12.0 Å². The molecule has 2 heterocycles. The lowest BCUT2D eigenvalue weighted by atomic mass is 10.2. The van der Waals surface area contributed by atoms with Gasteiger partial charge in [-0.3, -0.25) is 0 Å². The van der Waals surface area contributed by atoms with Crippen LogP contribution >= 0.6 is 12.2 Å². The fourth-order valence-electron chi connectivity index (χ4n) is 1.77. The average molecular weight is 260 g/mol. The molecule has 2 aromatic heterocycles. The van der Waals surface area contributed by atoms with Crippen LogP contribution in [0.15, 0.2) is 23.5 Å². The van der Waals surface area contributed by atoms with Crippen LogP contribution in [0.3, 0.4) is 0 Å². The van der Waals surface area contributed by atoms with Gasteiger partial charge in [0.1, 0.15) is 10.6 Å². The second-order valence-electron chi connectivity index (χ2n) is 4.55. The number of pyridine rings is 1. The van der Waals surface area contributed by atoms with Crippen molar-refractivity contribution >= 4 is 34.6 Å². The summed E-state index contributed by atoms with van der Waals surface area (Å²) in [4.78, 5) is 11.1. The van der Waals surface area contributed by atoms with E-state index in [9.17, 15) is 0 Å². The Bertz CT molecular complexity index is 625. The van der Waals surface area contributed by atoms with Gasteiger partial charge in [-0.1, -0.05) is 12.2 Å². The van der Waals surface area contributed by atoms with Gasteiger partial charge in [-0.15, -0.1) is 0 Å². The Hall–Kier alpha value is -1.75. The van der Waals surface area contributed by atoms with E-state index in [0.717, 1.165) is 22.2 Å². The Morgan fingerprint density at radius 1 is 1.50 bits per heavy atom. The van der Waals surface area contributed by atoms with Crippen molar-refractivity contribution in [3.8, 4) is 0 Å². The van der Waals surface area contributed by atoms with Gasteiger partial charge in [0, 0.05) is 44.5 Å². The van der Waals surface area contributed by atoms with Crippen molar-refractivity contribution in [2.75, 3.05) is 14.1 Å². The van der Waals surface area contributed by atoms with E-state index in [1.165, 1.54) is 0 Å². The summed E-state index contributed by atoms with van der Waals surface area (Å²) in [5.41, 5.74) is 3.00. The number of aromatic nitrogens is 2. The fourth-order valence-corrected chi connectivity index (χ4v) is 1.98. The third-order valence-electron chi connectivity index (χ3n) is 2.59. The molecule has 0 bridgehead atoms. The predicted octanol–water partition coefficient (Wildman–Crippen LogP) is 2.15. The van der Waals surface area contributed by atoms with Crippen molar-refractivity contribution in [3.05, 3.63) is 29.6 Å². The van der Waals surface area contributed by atoms with Gasteiger partial charge in [-0.05, 0) is 18.6 Å². The van der Waals surface area contributed by atoms with Crippen LogP contribution in [0.25, 0.3) is 11.0 Å². The van der Waals surface area contributed by atoms with Gasteiger partial charge in [0.05, 0.1) is 6.34 Å². The molecule has 0 saturated carbocycles. The van der Waals surface area contributed by atoms with Gasteiger partial charge in [0.25, 0.3) is 0 Å². The highest BCUT2D eigenvalue weighted by Crippen LogP contribution is 2.21. The maximum absolute atomic E-state index is 5.36. The minimum absolute atomic E-state index is 0.585. The van der Waals surface area contributed by atoms with Crippen LogP contribution in [0.5, 0.6) is 0 Å². The number of thiocarbonyl (C=S) groups is 1. The monoisotopic (exact) mass is 260 g/mol. The highest BCUT2D eigenvalue weighted by Gasteiger charge is 2.11. The molecule has 0 aliphatic rings. The number of rotatable bonds is 2. The maximum Gasteiger partial charge on any atom is 0.140 e. The lowest BCUT2D eigenvalue weighted by Crippen LogP contribution is -2.09. The predicted molar refractivity (Wildman–Crippen MR) is 79.3 cm³/mol. The van der Waals surface area contributed by atoms with E-state index < -0.39 is 0 Å². The SMILES string of the molecule is Cc1cnc2c(c1)c(C(=S)N=CN(C)C)cn2C. The molecule has 2 rings (SSSR count). The summed E-state index contributed by atoms with van der Waals surface area (Å²) in [6.45, 7) is 2.02. The normalized spacial score (nSPS) is 11.3. The molecule has 0 aromatic carbocycles. The molecule has 0 fully saturated rings. The quantitative estimate of drug-likeness (QED) is 0.471. The van der Waals surface area contributed by atoms with Crippen molar-refractivity contribution < 1.29 is 0 Å². The number of hydrogen-bond acceptors (Lipinski definition) is 2. The molecule has 0 saturated heterocycles. The zero-order chi connectivity index (χ0) is 13.3. The third kappa shape index (κ3) is 2.41. The molecular weight excluding hydrogens is 244 g/mol. The summed E-state index contributed by atoms with van der Waals surface area (Å²) in [5.74, 6) is 0. The Morgan fingerprint density at radius 3 is 2.89 bits per heavy atom. The van der Waals surface area contributed by atoms with Crippen molar-refractivity contribution in [1.82, 2.24) is 14.5 Å². The highest BCUT2D eigenvalue weighted by atomic mass is 32.1. The topological polar surface area (TPSA) is 33.4 Å². The average Bonchev–Trinajstić information content (AvgIpc) is 2.63. The van der Waals surface area contributed by atoms with Crippen LogP contribution < -0.4 is 0 Å². The summed E-state index contributed by atoms with van der Waals surface area (Å²) in [5, 5.41) is 1.05. The molecule has 2 aromatic rings. The molecule has 0 atom stereocenters. The van der Waals surface area contributed by atoms with E-state index in [4.69, 9.17) is 12.2 Å². The molecular formula is C13H16N4S. The number of aryl methyl sites for hydroxylation is 2. The maximum atomic E-state index is 5.36. The molecule has 0 N–H and O–H groups in total. The summed E-state index contributed by atoms with van der Waals surface area (Å²) >= 11 is 5.36. The lowest BCUT2D eigenvalue weighted by Gasteiger charge is -2.02. The summed E-state index contributed by atoms with van der Waals surface area (Å²) < 4.78 is 1.97. The van der Waals surface area contributed by atoms with E-state index in [1.54, 1.807) is 6.34 Å². The zero-order valence-corrected chi connectivity index (χ0v) is 11.8. The van der Waals surface area contributed by atoms with Crippen LogP contribution in [-0.2, 0) is 7.05 Å². The molecule has 0 unspecified atom stereocenters. The van der Waals surface area contributed by atoms with E-state index >= 15 is 0 Å². The first kappa shape index (κ1) is 12.7. The van der Waals surface area contributed by atoms with Gasteiger partial charge in [-0.2, -0.15) is 0 Å². The first-order chi connectivity index (χ1) is 8.49. The van der Waals surface area contributed by atoms with E-state index in [2.05, 4.69) is 16.0 Å². The molecule has 0 radical (unpaired) electrons. The third-order valence-corrected chi connectivity index (χ3v) is 2.91. The fraction of sp³-hybridized carbons (Fsp3) is 0.308. The molecule has 4 nitrogen and oxygen atoms in total. The summed E-state index contributed by atoms with van der Waals surface area (Å²) in [7, 11) is 5.80. The van der Waals surface area contributed by atoms with E-state index in [-0.39, 0.29) is 0 Å². The number of nitrogens with zero attached hydrogens (tertiary/aromatic N) is 4. The minimum atomic E-state index is 0.585. The van der Waals surface area contributed by atoms with Crippen LogP contribution in [0.4, 0.5) is 0 Å². The minimum Gasteiger partial charge on any atom is -0.369 e. The molecule has 0 spiro atoms. The summed E-state index contributed by atoms with van der Waals surface area (Å²) in [6.07, 6.45) is 5.55.